The number of carboxylic acid groups (broad SMARTS) is 1. The molecular formula is C39H46N2O7. The SMILES string of the molecule is CCC(C)C(NC(=O)C(=O)C(C)NC(=O)C(CC(=O)Cc1ccccc1)Cc1ccc(-c2ccccc2)cc1)C(=O)CC(C)(C)C(=O)O. The lowest BCUT2D eigenvalue weighted by Crippen LogP contribution is -2.53. The van der Waals surface area contributed by atoms with Crippen molar-refractivity contribution in [3.05, 3.63) is 96.1 Å². The lowest BCUT2D eigenvalue weighted by atomic mass is 9.82. The Labute approximate surface area is 282 Å². The van der Waals surface area contributed by atoms with Crippen molar-refractivity contribution in [3.8, 4) is 11.1 Å². The summed E-state index contributed by atoms with van der Waals surface area (Å²) in [6, 6.07) is 24.5. The molecule has 3 N–H and O–H groups in total. The molecule has 4 atom stereocenters. The molecule has 0 aromatic heterocycles. The highest BCUT2D eigenvalue weighted by atomic mass is 16.4. The van der Waals surface area contributed by atoms with Crippen LogP contribution in [0.5, 0.6) is 0 Å². The van der Waals surface area contributed by atoms with Crippen LogP contribution in [0, 0.1) is 17.3 Å². The van der Waals surface area contributed by atoms with Gasteiger partial charge in [0.25, 0.3) is 5.91 Å². The van der Waals surface area contributed by atoms with Crippen LogP contribution in [-0.2, 0) is 41.6 Å². The number of hydrogen-bond acceptors (Lipinski definition) is 6. The Balaban J connectivity index is 1.74. The number of carbonyl (C=O) groups is 6. The third-order valence-corrected chi connectivity index (χ3v) is 8.65. The van der Waals surface area contributed by atoms with Gasteiger partial charge >= 0.3 is 5.97 Å². The van der Waals surface area contributed by atoms with Gasteiger partial charge in [0.15, 0.2) is 5.78 Å². The number of amides is 2. The fourth-order valence-corrected chi connectivity index (χ4v) is 5.38. The Morgan fingerprint density at radius 1 is 0.750 bits per heavy atom. The predicted molar refractivity (Wildman–Crippen MR) is 184 cm³/mol. The average Bonchev–Trinajstić information content (AvgIpc) is 3.06. The molecule has 0 spiro atoms. The molecule has 0 fully saturated rings. The van der Waals surface area contributed by atoms with Gasteiger partial charge in [-0.15, -0.1) is 0 Å². The topological polar surface area (TPSA) is 147 Å². The molecule has 0 saturated heterocycles. The number of hydrogen-bond donors (Lipinski definition) is 3. The molecule has 2 amide bonds. The fraction of sp³-hybridized carbons (Fsp3) is 0.385. The van der Waals surface area contributed by atoms with Crippen LogP contribution in [-0.4, -0.2) is 52.3 Å². The summed E-state index contributed by atoms with van der Waals surface area (Å²) in [5.74, 6) is -5.52. The minimum absolute atomic E-state index is 0.0712. The second kappa shape index (κ2) is 17.3. The summed E-state index contributed by atoms with van der Waals surface area (Å²) in [7, 11) is 0. The molecule has 0 bridgehead atoms. The quantitative estimate of drug-likeness (QED) is 0.156. The summed E-state index contributed by atoms with van der Waals surface area (Å²) in [4.78, 5) is 77.6. The van der Waals surface area contributed by atoms with Crippen molar-refractivity contribution in [2.75, 3.05) is 0 Å². The fourth-order valence-electron chi connectivity index (χ4n) is 5.38. The maximum Gasteiger partial charge on any atom is 0.309 e. The second-order valence-electron chi connectivity index (χ2n) is 13.1. The van der Waals surface area contributed by atoms with E-state index in [2.05, 4.69) is 10.6 Å². The van der Waals surface area contributed by atoms with Crippen molar-refractivity contribution in [1.82, 2.24) is 10.6 Å². The van der Waals surface area contributed by atoms with Crippen LogP contribution in [0.1, 0.15) is 65.0 Å². The van der Waals surface area contributed by atoms with Gasteiger partial charge in [0.2, 0.25) is 11.7 Å². The predicted octanol–water partition coefficient (Wildman–Crippen LogP) is 5.39. The number of benzene rings is 3. The van der Waals surface area contributed by atoms with Crippen molar-refractivity contribution >= 4 is 35.1 Å². The molecule has 0 saturated carbocycles. The largest absolute Gasteiger partial charge is 0.481 e. The Bertz CT molecular complexity index is 1580. The first-order chi connectivity index (χ1) is 22.7. The number of carboxylic acids is 1. The molecule has 0 aliphatic heterocycles. The summed E-state index contributed by atoms with van der Waals surface area (Å²) in [6.45, 7) is 7.77. The summed E-state index contributed by atoms with van der Waals surface area (Å²) in [6.07, 6.45) is 0.480. The van der Waals surface area contributed by atoms with Crippen LogP contribution in [0.25, 0.3) is 11.1 Å². The first-order valence-corrected chi connectivity index (χ1v) is 16.3. The van der Waals surface area contributed by atoms with E-state index in [1.165, 1.54) is 20.8 Å². The molecule has 254 valence electrons. The Morgan fingerprint density at radius 2 is 1.31 bits per heavy atom. The molecule has 4 unspecified atom stereocenters. The monoisotopic (exact) mass is 654 g/mol. The molecule has 0 radical (unpaired) electrons. The van der Waals surface area contributed by atoms with E-state index >= 15 is 0 Å². The van der Waals surface area contributed by atoms with E-state index in [1.807, 2.05) is 91.9 Å². The summed E-state index contributed by atoms with van der Waals surface area (Å²) >= 11 is 0. The second-order valence-corrected chi connectivity index (χ2v) is 13.1. The van der Waals surface area contributed by atoms with Gasteiger partial charge in [0.05, 0.1) is 17.5 Å². The number of rotatable bonds is 18. The molecule has 0 aliphatic rings. The zero-order chi connectivity index (χ0) is 35.4. The molecule has 0 aliphatic carbocycles. The smallest absolute Gasteiger partial charge is 0.309 e. The van der Waals surface area contributed by atoms with Crippen molar-refractivity contribution < 1.29 is 33.9 Å². The normalized spacial score (nSPS) is 13.8. The maximum atomic E-state index is 13.6. The summed E-state index contributed by atoms with van der Waals surface area (Å²) in [5, 5.41) is 14.6. The molecule has 3 rings (SSSR count). The highest BCUT2D eigenvalue weighted by Gasteiger charge is 2.37. The molecule has 9 nitrogen and oxygen atoms in total. The highest BCUT2D eigenvalue weighted by Crippen LogP contribution is 2.24. The van der Waals surface area contributed by atoms with Gasteiger partial charge in [0, 0.05) is 25.2 Å². The molecule has 0 heterocycles. The van der Waals surface area contributed by atoms with Gasteiger partial charge in [-0.2, -0.15) is 0 Å². The molecule has 3 aromatic rings. The van der Waals surface area contributed by atoms with Crippen LogP contribution < -0.4 is 10.6 Å². The van der Waals surface area contributed by atoms with Gasteiger partial charge in [-0.05, 0) is 55.4 Å². The van der Waals surface area contributed by atoms with Crippen molar-refractivity contribution in [2.24, 2.45) is 17.3 Å². The third-order valence-electron chi connectivity index (χ3n) is 8.65. The number of nitrogens with one attached hydrogen (secondary N) is 2. The van der Waals surface area contributed by atoms with E-state index in [0.717, 1.165) is 22.3 Å². The van der Waals surface area contributed by atoms with Gasteiger partial charge in [-0.1, -0.05) is 105 Å². The minimum Gasteiger partial charge on any atom is -0.481 e. The molecular weight excluding hydrogens is 608 g/mol. The van der Waals surface area contributed by atoms with E-state index < -0.39 is 52.8 Å². The molecule has 48 heavy (non-hydrogen) atoms. The number of ketones is 3. The van der Waals surface area contributed by atoms with Crippen molar-refractivity contribution in [1.29, 1.82) is 0 Å². The van der Waals surface area contributed by atoms with Crippen LogP contribution >= 0.6 is 0 Å². The molecule has 9 heteroatoms. The van der Waals surface area contributed by atoms with E-state index in [9.17, 15) is 33.9 Å². The van der Waals surface area contributed by atoms with Crippen LogP contribution in [0.3, 0.4) is 0 Å². The first-order valence-electron chi connectivity index (χ1n) is 16.3. The zero-order valence-corrected chi connectivity index (χ0v) is 28.3. The van der Waals surface area contributed by atoms with Crippen molar-refractivity contribution in [3.63, 3.8) is 0 Å². The highest BCUT2D eigenvalue weighted by molar-refractivity contribution is 6.38. The Kier molecular flexibility index (Phi) is 13.5. The Morgan fingerprint density at radius 3 is 1.88 bits per heavy atom. The van der Waals surface area contributed by atoms with E-state index in [1.54, 1.807) is 6.92 Å². The van der Waals surface area contributed by atoms with Crippen LogP contribution in [0.4, 0.5) is 0 Å². The van der Waals surface area contributed by atoms with E-state index in [4.69, 9.17) is 0 Å². The Hall–Kier alpha value is -4.92. The van der Waals surface area contributed by atoms with Gasteiger partial charge in [-0.25, -0.2) is 0 Å². The van der Waals surface area contributed by atoms with Crippen molar-refractivity contribution in [2.45, 2.75) is 78.8 Å². The molecule has 3 aromatic carbocycles. The average molecular weight is 655 g/mol. The lowest BCUT2D eigenvalue weighted by Gasteiger charge is -2.27. The van der Waals surface area contributed by atoms with Gasteiger partial charge < -0.3 is 15.7 Å². The number of carbonyl (C=O) groups excluding carboxylic acids is 5. The van der Waals surface area contributed by atoms with Gasteiger partial charge in [-0.3, -0.25) is 28.8 Å². The zero-order valence-electron chi connectivity index (χ0n) is 28.3. The summed E-state index contributed by atoms with van der Waals surface area (Å²) in [5.41, 5.74) is 2.36. The van der Waals surface area contributed by atoms with Crippen LogP contribution in [0.15, 0.2) is 84.9 Å². The third kappa shape index (κ3) is 10.8. The minimum atomic E-state index is -1.35. The summed E-state index contributed by atoms with van der Waals surface area (Å²) < 4.78 is 0. The number of aliphatic carboxylic acids is 1. The first kappa shape index (κ1) is 37.5. The van der Waals surface area contributed by atoms with Crippen LogP contribution in [0.2, 0.25) is 0 Å². The standard InChI is InChI=1S/C39H46N2O7/c1-6-25(2)34(33(43)24-39(4,5)38(47)48)41-37(46)35(44)26(3)40-36(45)31(23-32(42)22-27-13-9-7-10-14-27)21-28-17-19-30(20-18-28)29-15-11-8-12-16-29/h7-20,25-26,31,34H,6,21-24H2,1-5H3,(H,40,45)(H,41,46)(H,47,48). The van der Waals surface area contributed by atoms with E-state index in [0.29, 0.717) is 6.42 Å². The maximum absolute atomic E-state index is 13.6. The lowest BCUT2D eigenvalue weighted by molar-refractivity contribution is -0.150. The number of Topliss-reactive ketones (excluding diaryl/α,β-unsaturated/α-hetero) is 3. The van der Waals surface area contributed by atoms with Gasteiger partial charge in [0.1, 0.15) is 5.78 Å². The van der Waals surface area contributed by atoms with E-state index in [-0.39, 0.29) is 37.4 Å².